The maximum absolute atomic E-state index is 11.1. The number of aliphatic hydroxyl groups excluding tert-OH is 1. The molecule has 0 aliphatic heterocycles. The molecule has 0 heterocycles. The fourth-order valence-corrected chi connectivity index (χ4v) is 3.43. The van der Waals surface area contributed by atoms with Crippen LogP contribution in [0.2, 0.25) is 0 Å². The molecule has 2 atom stereocenters. The summed E-state index contributed by atoms with van der Waals surface area (Å²) in [6, 6.07) is 21.4. The third-order valence-corrected chi connectivity index (χ3v) is 5.15. The molecule has 132 valence electrons. The van der Waals surface area contributed by atoms with Gasteiger partial charge in [0.15, 0.2) is 0 Å². The predicted octanol–water partition coefficient (Wildman–Crippen LogP) is -0.329. The average Bonchev–Trinajstić information content (AvgIpc) is 2.60. The molecule has 0 radical (unpaired) electrons. The average molecular weight is 348 g/mol. The number of hydrogen-bond donors (Lipinski definition) is 2. The topological polar surface area (TPSA) is 24.7 Å². The van der Waals surface area contributed by atoms with Crippen molar-refractivity contribution < 1.29 is 22.4 Å². The van der Waals surface area contributed by atoms with E-state index in [0.717, 1.165) is 12.8 Å². The number of quaternary nitrogens is 1. The zero-order valence-electron chi connectivity index (χ0n) is 15.2. The molecule has 0 aromatic heterocycles. The molecule has 0 saturated carbocycles. The molecule has 2 aromatic rings. The van der Waals surface area contributed by atoms with E-state index in [4.69, 9.17) is 0 Å². The van der Waals surface area contributed by atoms with Crippen molar-refractivity contribution in [3.8, 4) is 0 Å². The van der Waals surface area contributed by atoms with Crippen LogP contribution in [0.5, 0.6) is 0 Å². The third-order valence-electron chi connectivity index (χ3n) is 5.15. The van der Waals surface area contributed by atoms with Gasteiger partial charge < -0.3 is 22.4 Å². The summed E-state index contributed by atoms with van der Waals surface area (Å²) in [5.74, 6) is 0. The number of nitrogens with one attached hydrogen (secondary N) is 1. The molecular weight excluding hydrogens is 318 g/mol. The van der Waals surface area contributed by atoms with Gasteiger partial charge in [-0.3, -0.25) is 0 Å². The van der Waals surface area contributed by atoms with Crippen molar-refractivity contribution in [2.24, 2.45) is 0 Å². The Morgan fingerprint density at radius 3 is 1.67 bits per heavy atom. The number of halogens is 1. The Labute approximate surface area is 152 Å². The standard InChI is InChI=1S/C21H29NO.ClH/c1-5-20(23)21(16-17(2)22(3)4,18-12-8-6-9-13-18)19-14-10-7-11-15-19;/h6-15,17,20,23H,5,16H2,1-4H3;1H. The highest BCUT2D eigenvalue weighted by Crippen LogP contribution is 2.40. The van der Waals surface area contributed by atoms with Gasteiger partial charge in [0.1, 0.15) is 0 Å². The van der Waals surface area contributed by atoms with Gasteiger partial charge in [-0.2, -0.15) is 0 Å². The van der Waals surface area contributed by atoms with Gasteiger partial charge >= 0.3 is 0 Å². The number of hydrogen-bond acceptors (Lipinski definition) is 1. The summed E-state index contributed by atoms with van der Waals surface area (Å²) in [4.78, 5) is 1.41. The van der Waals surface area contributed by atoms with Gasteiger partial charge in [-0.1, -0.05) is 67.6 Å². The van der Waals surface area contributed by atoms with Crippen molar-refractivity contribution in [3.05, 3.63) is 71.8 Å². The van der Waals surface area contributed by atoms with Gasteiger partial charge in [-0.15, -0.1) is 0 Å². The van der Waals surface area contributed by atoms with Gasteiger partial charge in [0.2, 0.25) is 0 Å². The lowest BCUT2D eigenvalue weighted by atomic mass is 9.66. The van der Waals surface area contributed by atoms with Crippen molar-refractivity contribution in [3.63, 3.8) is 0 Å². The third kappa shape index (κ3) is 4.18. The van der Waals surface area contributed by atoms with E-state index in [1.807, 2.05) is 12.1 Å². The Morgan fingerprint density at radius 1 is 0.917 bits per heavy atom. The highest BCUT2D eigenvalue weighted by molar-refractivity contribution is 5.41. The summed E-state index contributed by atoms with van der Waals surface area (Å²) in [5, 5.41) is 11.1. The molecule has 2 unspecified atom stereocenters. The van der Waals surface area contributed by atoms with Crippen LogP contribution in [0.15, 0.2) is 60.7 Å². The first kappa shape index (κ1) is 20.7. The summed E-state index contributed by atoms with van der Waals surface area (Å²) in [6.45, 7) is 4.33. The molecule has 2 aromatic carbocycles. The van der Waals surface area contributed by atoms with E-state index in [0.29, 0.717) is 6.04 Å². The first-order valence-electron chi connectivity index (χ1n) is 8.61. The zero-order valence-corrected chi connectivity index (χ0v) is 15.9. The largest absolute Gasteiger partial charge is 1.00 e. The van der Waals surface area contributed by atoms with E-state index < -0.39 is 6.10 Å². The molecule has 2 N–H and O–H groups in total. The smallest absolute Gasteiger partial charge is 0.0854 e. The SMILES string of the molecule is CCC(O)C(CC(C)[NH+](C)C)(c1ccccc1)c1ccccc1.[Cl-]. The zero-order chi connectivity index (χ0) is 16.9. The Kier molecular flexibility index (Phi) is 7.95. The van der Waals surface area contributed by atoms with E-state index in [1.165, 1.54) is 16.0 Å². The Balaban J connectivity index is 0.00000288. The number of benzene rings is 2. The maximum atomic E-state index is 11.1. The van der Waals surface area contributed by atoms with Crippen LogP contribution in [0.4, 0.5) is 0 Å². The number of aliphatic hydroxyl groups is 1. The molecular formula is C21H30ClNO. The Bertz CT molecular complexity index is 546. The lowest BCUT2D eigenvalue weighted by molar-refractivity contribution is -0.884. The highest BCUT2D eigenvalue weighted by Gasteiger charge is 2.42. The molecule has 2 nitrogen and oxygen atoms in total. The van der Waals surface area contributed by atoms with Crippen LogP contribution in [0, 0.1) is 0 Å². The van der Waals surface area contributed by atoms with Gasteiger partial charge in [0, 0.05) is 6.42 Å². The van der Waals surface area contributed by atoms with Crippen LogP contribution in [0.1, 0.15) is 37.8 Å². The van der Waals surface area contributed by atoms with Crippen LogP contribution in [0.25, 0.3) is 0 Å². The van der Waals surface area contributed by atoms with Gasteiger partial charge in [-0.05, 0) is 24.5 Å². The summed E-state index contributed by atoms with van der Waals surface area (Å²) in [6.07, 6.45) is 1.24. The van der Waals surface area contributed by atoms with Crippen molar-refractivity contribution >= 4 is 0 Å². The van der Waals surface area contributed by atoms with Gasteiger partial charge in [0.25, 0.3) is 0 Å². The summed E-state index contributed by atoms with van der Waals surface area (Å²) in [5.41, 5.74) is 2.04. The molecule has 3 heteroatoms. The monoisotopic (exact) mass is 347 g/mol. The van der Waals surface area contributed by atoms with E-state index >= 15 is 0 Å². The van der Waals surface area contributed by atoms with Crippen molar-refractivity contribution in [2.75, 3.05) is 14.1 Å². The van der Waals surface area contributed by atoms with E-state index in [2.05, 4.69) is 76.5 Å². The first-order chi connectivity index (χ1) is 11.0. The highest BCUT2D eigenvalue weighted by atomic mass is 35.5. The lowest BCUT2D eigenvalue weighted by Crippen LogP contribution is -3.09. The molecule has 0 aliphatic carbocycles. The van der Waals surface area contributed by atoms with E-state index in [-0.39, 0.29) is 17.8 Å². The minimum Gasteiger partial charge on any atom is -1.00 e. The number of rotatable bonds is 7. The van der Waals surface area contributed by atoms with E-state index in [9.17, 15) is 5.11 Å². The minimum atomic E-state index is -0.408. The summed E-state index contributed by atoms with van der Waals surface area (Å²) < 4.78 is 0. The lowest BCUT2D eigenvalue weighted by Gasteiger charge is -2.41. The molecule has 0 fully saturated rings. The van der Waals surface area contributed by atoms with Gasteiger partial charge in [-0.25, -0.2) is 0 Å². The quantitative estimate of drug-likeness (QED) is 0.704. The van der Waals surface area contributed by atoms with Crippen LogP contribution in [0.3, 0.4) is 0 Å². The fraction of sp³-hybridized carbons (Fsp3) is 0.429. The van der Waals surface area contributed by atoms with Gasteiger partial charge in [0.05, 0.1) is 31.7 Å². The summed E-state index contributed by atoms with van der Waals surface area (Å²) in [7, 11) is 4.37. The molecule has 0 spiro atoms. The molecule has 24 heavy (non-hydrogen) atoms. The maximum Gasteiger partial charge on any atom is 0.0854 e. The second kappa shape index (κ2) is 9.22. The second-order valence-electron chi connectivity index (χ2n) is 6.81. The van der Waals surface area contributed by atoms with Crippen molar-refractivity contribution in [2.45, 2.75) is 44.2 Å². The molecule has 0 bridgehead atoms. The minimum absolute atomic E-state index is 0. The van der Waals surface area contributed by atoms with Crippen LogP contribution in [-0.4, -0.2) is 31.3 Å². The second-order valence-corrected chi connectivity index (χ2v) is 6.81. The molecule has 0 saturated heterocycles. The van der Waals surface area contributed by atoms with Crippen LogP contribution >= 0.6 is 0 Å². The summed E-state index contributed by atoms with van der Waals surface area (Å²) >= 11 is 0. The predicted molar refractivity (Wildman–Crippen MR) is 96.9 cm³/mol. The molecule has 0 amide bonds. The molecule has 2 rings (SSSR count). The van der Waals surface area contributed by atoms with Crippen LogP contribution in [-0.2, 0) is 5.41 Å². The van der Waals surface area contributed by atoms with Crippen molar-refractivity contribution in [1.29, 1.82) is 0 Å². The Hall–Kier alpha value is -1.35. The van der Waals surface area contributed by atoms with Crippen molar-refractivity contribution in [1.82, 2.24) is 0 Å². The normalized spacial score (nSPS) is 14.1. The first-order valence-corrected chi connectivity index (χ1v) is 8.61. The van der Waals surface area contributed by atoms with E-state index in [1.54, 1.807) is 0 Å². The van der Waals surface area contributed by atoms with Crippen LogP contribution < -0.4 is 17.3 Å². The molecule has 0 aliphatic rings. The Morgan fingerprint density at radius 2 is 1.33 bits per heavy atom. The fourth-order valence-electron chi connectivity index (χ4n) is 3.43.